The van der Waals surface area contributed by atoms with Crippen molar-refractivity contribution >= 4 is 59.1 Å². The minimum Gasteiger partial charge on any atom is -0.390 e. The highest BCUT2D eigenvalue weighted by molar-refractivity contribution is 6.00. The maximum Gasteiger partial charge on any atom is 0.246 e. The van der Waals surface area contributed by atoms with Crippen LogP contribution in [-0.4, -0.2) is 155 Å². The van der Waals surface area contributed by atoms with Gasteiger partial charge in [0.15, 0.2) is 0 Å². The molecule has 1 aliphatic heterocycles. The Morgan fingerprint density at radius 2 is 1.10 bits per heavy atom. The van der Waals surface area contributed by atoms with Crippen LogP contribution in [0.3, 0.4) is 0 Å². The standard InChI is InChI=1S/C56H101N11O11/c1-20-35(10)21-22-43(69)67-30-36(11)28-41(67)49(74)61-38(25-31(2)3)47(72)63-44(45(70)34(8)9)50(75)65-55(15,16)52(77)62-39(26-32(4)5)46(71)60-40(27-33(6)7)48(73)64-56(17,18)53(78)66-54(13,14)51(76)58-24-23-42(68)59-37(12)29-57-19/h21-22,31-41,44-45,57,70H,20,23-30H2,1-19H3,(H,58,76)(H,59,68)(H,60,71)(H,61,74)(H,62,77)(H,63,72)(H,64,73)(H,65,75)(H,66,78). The van der Waals surface area contributed by atoms with E-state index in [1.165, 1.54) is 52.5 Å². The van der Waals surface area contributed by atoms with Gasteiger partial charge in [0.2, 0.25) is 59.1 Å². The summed E-state index contributed by atoms with van der Waals surface area (Å²) in [7, 11) is 1.77. The van der Waals surface area contributed by atoms with E-state index in [9.17, 15) is 53.1 Å². The number of carbonyl (C=O) groups excluding carboxylic acids is 10. The van der Waals surface area contributed by atoms with Gasteiger partial charge in [0.25, 0.3) is 0 Å². The molecule has 1 rings (SSSR count). The summed E-state index contributed by atoms with van der Waals surface area (Å²) in [4.78, 5) is 138. The summed E-state index contributed by atoms with van der Waals surface area (Å²) < 4.78 is 0. The molecular formula is C56H101N11O11. The van der Waals surface area contributed by atoms with Gasteiger partial charge in [-0.25, -0.2) is 0 Å². The van der Waals surface area contributed by atoms with Crippen LogP contribution in [0, 0.1) is 35.5 Å². The van der Waals surface area contributed by atoms with Crippen LogP contribution in [0.25, 0.3) is 0 Å². The second-order valence-electron chi connectivity index (χ2n) is 24.7. The number of nitrogens with one attached hydrogen (secondary N) is 10. The molecule has 446 valence electrons. The largest absolute Gasteiger partial charge is 0.390 e. The summed E-state index contributed by atoms with van der Waals surface area (Å²) in [6.07, 6.45) is 3.48. The lowest BCUT2D eigenvalue weighted by atomic mass is 9.95. The molecule has 22 nitrogen and oxygen atoms in total. The molecular weight excluding hydrogens is 1000 g/mol. The molecule has 78 heavy (non-hydrogen) atoms. The van der Waals surface area contributed by atoms with Crippen LogP contribution in [-0.2, 0) is 47.9 Å². The molecule has 0 aromatic heterocycles. The number of allylic oxidation sites excluding steroid dienone is 1. The van der Waals surface area contributed by atoms with Crippen LogP contribution >= 0.6 is 0 Å². The number of hydrogen-bond donors (Lipinski definition) is 11. The minimum absolute atomic E-state index is 0.0163. The van der Waals surface area contributed by atoms with Gasteiger partial charge in [0, 0.05) is 32.1 Å². The van der Waals surface area contributed by atoms with Crippen LogP contribution in [0.2, 0.25) is 0 Å². The van der Waals surface area contributed by atoms with Crippen molar-refractivity contribution < 1.29 is 53.1 Å². The Morgan fingerprint density at radius 1 is 0.615 bits per heavy atom. The molecule has 0 saturated carbocycles. The zero-order valence-electron chi connectivity index (χ0n) is 50.5. The molecule has 0 bridgehead atoms. The molecule has 11 N–H and O–H groups in total. The first-order valence-electron chi connectivity index (χ1n) is 28.0. The van der Waals surface area contributed by atoms with Crippen molar-refractivity contribution in [3.63, 3.8) is 0 Å². The lowest BCUT2D eigenvalue weighted by Gasteiger charge is -2.34. The molecule has 0 radical (unpaired) electrons. The van der Waals surface area contributed by atoms with Gasteiger partial charge in [-0.15, -0.1) is 0 Å². The number of aliphatic hydroxyl groups is 1. The van der Waals surface area contributed by atoms with Gasteiger partial charge in [-0.05, 0) is 123 Å². The zero-order valence-corrected chi connectivity index (χ0v) is 50.5. The number of aliphatic hydroxyl groups excluding tert-OH is 1. The molecule has 0 aliphatic carbocycles. The van der Waals surface area contributed by atoms with Crippen LogP contribution in [0.15, 0.2) is 12.2 Å². The molecule has 1 fully saturated rings. The summed E-state index contributed by atoms with van der Waals surface area (Å²) in [5.41, 5.74) is -4.81. The van der Waals surface area contributed by atoms with E-state index < -0.39 is 106 Å². The van der Waals surface area contributed by atoms with E-state index in [1.54, 1.807) is 20.9 Å². The van der Waals surface area contributed by atoms with E-state index >= 15 is 0 Å². The molecule has 22 heteroatoms. The van der Waals surface area contributed by atoms with Crippen molar-refractivity contribution in [2.24, 2.45) is 35.5 Å². The highest BCUT2D eigenvalue weighted by atomic mass is 16.3. The van der Waals surface area contributed by atoms with Crippen molar-refractivity contribution in [3.05, 3.63) is 12.2 Å². The third-order valence-corrected chi connectivity index (χ3v) is 13.5. The number of nitrogens with zero attached hydrogens (tertiary/aromatic N) is 1. The van der Waals surface area contributed by atoms with Gasteiger partial charge in [-0.3, -0.25) is 47.9 Å². The van der Waals surface area contributed by atoms with E-state index in [1.807, 2.05) is 75.3 Å². The average Bonchev–Trinajstić information content (AvgIpc) is 3.71. The lowest BCUT2D eigenvalue weighted by molar-refractivity contribution is -0.140. The molecule has 1 saturated heterocycles. The third-order valence-electron chi connectivity index (χ3n) is 13.5. The van der Waals surface area contributed by atoms with E-state index in [0.717, 1.165) is 6.42 Å². The fourth-order valence-corrected chi connectivity index (χ4v) is 8.55. The van der Waals surface area contributed by atoms with Crippen LogP contribution in [0.1, 0.15) is 163 Å². The maximum atomic E-state index is 14.2. The average molecular weight is 1100 g/mol. The lowest BCUT2D eigenvalue weighted by Crippen LogP contribution is -2.66. The predicted molar refractivity (Wildman–Crippen MR) is 301 cm³/mol. The summed E-state index contributed by atoms with van der Waals surface area (Å²) in [5.74, 6) is -7.01. The van der Waals surface area contributed by atoms with Gasteiger partial charge in [-0.2, -0.15) is 0 Å². The second-order valence-corrected chi connectivity index (χ2v) is 24.7. The van der Waals surface area contributed by atoms with Crippen molar-refractivity contribution in [2.75, 3.05) is 26.7 Å². The Kier molecular flexibility index (Phi) is 28.7. The molecule has 0 spiro atoms. The van der Waals surface area contributed by atoms with Crippen molar-refractivity contribution in [1.82, 2.24) is 58.1 Å². The second kappa shape index (κ2) is 31.8. The Labute approximate surface area is 465 Å². The molecule has 0 aromatic rings. The third kappa shape index (κ3) is 23.8. The van der Waals surface area contributed by atoms with Crippen molar-refractivity contribution in [2.45, 2.75) is 222 Å². The van der Waals surface area contributed by atoms with Crippen molar-refractivity contribution in [1.29, 1.82) is 0 Å². The Morgan fingerprint density at radius 3 is 1.62 bits per heavy atom. The van der Waals surface area contributed by atoms with E-state index in [4.69, 9.17) is 0 Å². The molecule has 10 amide bonds. The fourth-order valence-electron chi connectivity index (χ4n) is 8.55. The smallest absolute Gasteiger partial charge is 0.246 e. The van der Waals surface area contributed by atoms with Crippen LogP contribution in [0.4, 0.5) is 0 Å². The first kappa shape index (κ1) is 70.4. The molecule has 0 aromatic carbocycles. The normalized spacial score (nSPS) is 17.8. The van der Waals surface area contributed by atoms with Crippen LogP contribution < -0.4 is 53.2 Å². The fraction of sp³-hybridized carbons (Fsp3) is 0.786. The number of rotatable bonds is 32. The van der Waals surface area contributed by atoms with Gasteiger partial charge in [-0.1, -0.05) is 88.7 Å². The highest BCUT2D eigenvalue weighted by Crippen LogP contribution is 2.25. The highest BCUT2D eigenvalue weighted by Gasteiger charge is 2.43. The number of hydrogen-bond acceptors (Lipinski definition) is 12. The Balaban J connectivity index is 3.29. The quantitative estimate of drug-likeness (QED) is 0.0430. The van der Waals surface area contributed by atoms with Gasteiger partial charge in [0.1, 0.15) is 46.8 Å². The van der Waals surface area contributed by atoms with Gasteiger partial charge < -0.3 is 63.2 Å². The van der Waals surface area contributed by atoms with E-state index in [2.05, 4.69) is 53.2 Å². The van der Waals surface area contributed by atoms with E-state index in [-0.39, 0.29) is 79.7 Å². The topological polar surface area (TPSA) is 314 Å². The first-order chi connectivity index (χ1) is 35.9. The van der Waals surface area contributed by atoms with Gasteiger partial charge in [0.05, 0.1) is 6.10 Å². The first-order valence-corrected chi connectivity index (χ1v) is 28.0. The Hall–Kier alpha value is -5.64. The molecule has 9 unspecified atom stereocenters. The predicted octanol–water partition coefficient (Wildman–Crippen LogP) is 1.83. The molecule has 9 atom stereocenters. The minimum atomic E-state index is -1.76. The number of likely N-dealkylation sites (N-methyl/N-ethyl adjacent to an activating group) is 1. The summed E-state index contributed by atoms with van der Waals surface area (Å²) >= 11 is 0. The maximum absolute atomic E-state index is 14.2. The Bertz CT molecular complexity index is 2090. The van der Waals surface area contributed by atoms with E-state index in [0.29, 0.717) is 19.5 Å². The number of carbonyl (C=O) groups is 10. The molecule has 1 heterocycles. The summed E-state index contributed by atoms with van der Waals surface area (Å²) in [6, 6.07) is -6.12. The summed E-state index contributed by atoms with van der Waals surface area (Å²) in [5, 5.41) is 38.8. The SMILES string of the molecule is CCC(C)C=CC(=O)N1CC(C)CC1C(=O)NC(CC(C)C)C(=O)NC(C(=O)NC(C)(C)C(=O)NC(CC(C)C)C(=O)NC(CC(C)C)C(=O)NC(C)(C)C(=O)NC(C)(C)C(=O)NCCC(=O)NC(C)CNC)C(O)C(C)C. The number of likely N-dealkylation sites (tertiary alicyclic amines) is 1. The molecule has 1 aliphatic rings. The summed E-state index contributed by atoms with van der Waals surface area (Å²) in [6.45, 7) is 31.7. The monoisotopic (exact) mass is 1100 g/mol. The zero-order chi connectivity index (χ0) is 60.2. The van der Waals surface area contributed by atoms with Crippen LogP contribution in [0.5, 0.6) is 0 Å². The van der Waals surface area contributed by atoms with Gasteiger partial charge >= 0.3 is 0 Å². The van der Waals surface area contributed by atoms with Crippen molar-refractivity contribution in [3.8, 4) is 0 Å². The number of amides is 10.